The molecule has 0 fully saturated rings. The van der Waals surface area contributed by atoms with E-state index in [1.54, 1.807) is 0 Å². The maximum Gasteiger partial charge on any atom is 0.335 e. The van der Waals surface area contributed by atoms with Gasteiger partial charge in [0.1, 0.15) is 10.9 Å². The van der Waals surface area contributed by atoms with Crippen molar-refractivity contribution in [2.75, 3.05) is 0 Å². The van der Waals surface area contributed by atoms with Crippen molar-refractivity contribution in [3.05, 3.63) is 28.8 Å². The van der Waals surface area contributed by atoms with Crippen molar-refractivity contribution in [1.82, 2.24) is 4.72 Å². The van der Waals surface area contributed by atoms with Crippen LogP contribution in [-0.2, 0) is 14.8 Å². The molecule has 9 heteroatoms. The number of sulfonamides is 1. The van der Waals surface area contributed by atoms with Crippen molar-refractivity contribution in [3.8, 4) is 0 Å². The first-order chi connectivity index (χ1) is 9.56. The molecule has 0 aliphatic heterocycles. The first-order valence-electron chi connectivity index (χ1n) is 5.84. The van der Waals surface area contributed by atoms with E-state index >= 15 is 0 Å². The number of aromatic carboxylic acids is 1. The summed E-state index contributed by atoms with van der Waals surface area (Å²) in [4.78, 5) is 21.5. The SMILES string of the molecule is CC(C)[C@H](NS(=O)(=O)c1cc(C(=O)O)ccc1Cl)C(=O)O. The second-order valence-electron chi connectivity index (χ2n) is 4.63. The Kier molecular flexibility index (Phi) is 5.32. The molecule has 0 amide bonds. The number of carboxylic acids is 2. The fourth-order valence-electron chi connectivity index (χ4n) is 1.54. The number of nitrogens with one attached hydrogen (secondary N) is 1. The van der Waals surface area contributed by atoms with E-state index in [4.69, 9.17) is 21.8 Å². The first kappa shape index (κ1) is 17.4. The fraction of sp³-hybridized carbons (Fsp3) is 0.333. The van der Waals surface area contributed by atoms with E-state index in [0.29, 0.717) is 0 Å². The molecule has 1 rings (SSSR count). The molecule has 0 saturated heterocycles. The number of benzene rings is 1. The Bertz CT molecular complexity index is 670. The molecule has 0 bridgehead atoms. The van der Waals surface area contributed by atoms with Crippen LogP contribution in [0.5, 0.6) is 0 Å². The van der Waals surface area contributed by atoms with Crippen LogP contribution in [0.1, 0.15) is 24.2 Å². The van der Waals surface area contributed by atoms with Crippen LogP contribution in [0.15, 0.2) is 23.1 Å². The number of hydrogen-bond donors (Lipinski definition) is 3. The molecule has 0 unspecified atom stereocenters. The summed E-state index contributed by atoms with van der Waals surface area (Å²) in [6, 6.07) is 1.82. The highest BCUT2D eigenvalue weighted by atomic mass is 35.5. The number of carboxylic acid groups (broad SMARTS) is 2. The Hall–Kier alpha value is -1.64. The van der Waals surface area contributed by atoms with Crippen molar-refractivity contribution >= 4 is 33.6 Å². The third-order valence-electron chi connectivity index (χ3n) is 2.68. The lowest BCUT2D eigenvalue weighted by atomic mass is 10.1. The average Bonchev–Trinajstić information content (AvgIpc) is 2.35. The summed E-state index contributed by atoms with van der Waals surface area (Å²) in [5.41, 5.74) is -0.267. The van der Waals surface area contributed by atoms with Crippen molar-refractivity contribution in [2.24, 2.45) is 5.92 Å². The summed E-state index contributed by atoms with van der Waals surface area (Å²) in [6.07, 6.45) is 0. The van der Waals surface area contributed by atoms with Gasteiger partial charge in [0.25, 0.3) is 0 Å². The van der Waals surface area contributed by atoms with Gasteiger partial charge in [0.15, 0.2) is 0 Å². The van der Waals surface area contributed by atoms with Crippen LogP contribution in [0, 0.1) is 5.92 Å². The molecular formula is C12H14ClNO6S. The van der Waals surface area contributed by atoms with Gasteiger partial charge in [0.2, 0.25) is 10.0 Å². The summed E-state index contributed by atoms with van der Waals surface area (Å²) in [5, 5.41) is 17.7. The summed E-state index contributed by atoms with van der Waals surface area (Å²) in [6.45, 7) is 3.08. The third-order valence-corrected chi connectivity index (χ3v) is 4.61. The Balaban J connectivity index is 3.27. The zero-order valence-electron chi connectivity index (χ0n) is 11.2. The third kappa shape index (κ3) is 4.16. The zero-order valence-corrected chi connectivity index (χ0v) is 12.8. The van der Waals surface area contributed by atoms with Gasteiger partial charge in [-0.15, -0.1) is 0 Å². The molecule has 21 heavy (non-hydrogen) atoms. The maximum atomic E-state index is 12.2. The molecule has 3 N–H and O–H groups in total. The molecule has 0 aliphatic rings. The van der Waals surface area contributed by atoms with Crippen molar-refractivity contribution in [1.29, 1.82) is 0 Å². The fourth-order valence-corrected chi connectivity index (χ4v) is 3.41. The largest absolute Gasteiger partial charge is 0.480 e. The number of halogens is 1. The van der Waals surface area contributed by atoms with Crippen LogP contribution >= 0.6 is 11.6 Å². The van der Waals surface area contributed by atoms with Crippen molar-refractivity contribution in [3.63, 3.8) is 0 Å². The molecule has 0 saturated carbocycles. The van der Waals surface area contributed by atoms with Gasteiger partial charge in [0.05, 0.1) is 10.6 Å². The molecule has 1 atom stereocenters. The van der Waals surface area contributed by atoms with E-state index in [9.17, 15) is 18.0 Å². The molecule has 116 valence electrons. The van der Waals surface area contributed by atoms with E-state index in [0.717, 1.165) is 18.2 Å². The lowest BCUT2D eigenvalue weighted by molar-refractivity contribution is -0.140. The molecule has 0 spiro atoms. The predicted molar refractivity (Wildman–Crippen MR) is 75.0 cm³/mol. The number of aliphatic carboxylic acids is 1. The zero-order chi connectivity index (χ0) is 16.4. The van der Waals surface area contributed by atoms with Crippen LogP contribution in [0.4, 0.5) is 0 Å². The smallest absolute Gasteiger partial charge is 0.335 e. The van der Waals surface area contributed by atoms with E-state index in [1.165, 1.54) is 13.8 Å². The predicted octanol–water partition coefficient (Wildman–Crippen LogP) is 1.43. The summed E-state index contributed by atoms with van der Waals surface area (Å²) in [7, 11) is -4.26. The molecule has 0 aliphatic carbocycles. The van der Waals surface area contributed by atoms with Gasteiger partial charge in [-0.05, 0) is 24.1 Å². The molecule has 1 aromatic carbocycles. The lowest BCUT2D eigenvalue weighted by Crippen LogP contribution is -2.44. The van der Waals surface area contributed by atoms with E-state index in [-0.39, 0.29) is 10.6 Å². The van der Waals surface area contributed by atoms with Crippen molar-refractivity contribution < 1.29 is 28.2 Å². The van der Waals surface area contributed by atoms with Crippen LogP contribution in [0.3, 0.4) is 0 Å². The molecule has 0 heterocycles. The summed E-state index contributed by atoms with van der Waals surface area (Å²) in [5.74, 6) is -3.15. The normalized spacial score (nSPS) is 13.1. The standard InChI is InChI=1S/C12H14ClNO6S/c1-6(2)10(12(17)18)14-21(19,20)9-5-7(11(15)16)3-4-8(9)13/h3-6,10,14H,1-2H3,(H,15,16)(H,17,18)/t10-/m0/s1. The average molecular weight is 336 g/mol. The highest BCUT2D eigenvalue weighted by molar-refractivity contribution is 7.89. The van der Waals surface area contributed by atoms with Crippen LogP contribution in [0.25, 0.3) is 0 Å². The Morgan fingerprint density at radius 3 is 2.24 bits per heavy atom. The first-order valence-corrected chi connectivity index (χ1v) is 7.70. The highest BCUT2D eigenvalue weighted by Gasteiger charge is 2.29. The topological polar surface area (TPSA) is 121 Å². The molecular weight excluding hydrogens is 322 g/mol. The van der Waals surface area contributed by atoms with Gasteiger partial charge < -0.3 is 10.2 Å². The summed E-state index contributed by atoms with van der Waals surface area (Å²) >= 11 is 5.77. The maximum absolute atomic E-state index is 12.2. The number of carbonyl (C=O) groups is 2. The Morgan fingerprint density at radius 2 is 1.81 bits per heavy atom. The summed E-state index contributed by atoms with van der Waals surface area (Å²) < 4.78 is 26.4. The lowest BCUT2D eigenvalue weighted by Gasteiger charge is -2.18. The molecule has 0 aromatic heterocycles. The quantitative estimate of drug-likeness (QED) is 0.723. The highest BCUT2D eigenvalue weighted by Crippen LogP contribution is 2.23. The van der Waals surface area contributed by atoms with Crippen LogP contribution in [0.2, 0.25) is 5.02 Å². The number of hydrogen-bond acceptors (Lipinski definition) is 4. The monoisotopic (exact) mass is 335 g/mol. The Morgan fingerprint density at radius 1 is 1.24 bits per heavy atom. The minimum atomic E-state index is -4.26. The minimum absolute atomic E-state index is 0.194. The molecule has 1 aromatic rings. The van der Waals surface area contributed by atoms with Gasteiger partial charge in [-0.3, -0.25) is 4.79 Å². The van der Waals surface area contributed by atoms with Gasteiger partial charge in [-0.2, -0.15) is 4.72 Å². The van der Waals surface area contributed by atoms with Crippen LogP contribution in [-0.4, -0.2) is 36.6 Å². The Labute approximate surface area is 126 Å². The van der Waals surface area contributed by atoms with E-state index in [1.807, 2.05) is 4.72 Å². The van der Waals surface area contributed by atoms with Crippen molar-refractivity contribution in [2.45, 2.75) is 24.8 Å². The number of rotatable bonds is 6. The van der Waals surface area contributed by atoms with Gasteiger partial charge in [0, 0.05) is 0 Å². The molecule has 0 radical (unpaired) electrons. The molecule has 7 nitrogen and oxygen atoms in total. The van der Waals surface area contributed by atoms with E-state index < -0.39 is 38.8 Å². The van der Waals surface area contributed by atoms with E-state index in [2.05, 4.69) is 0 Å². The van der Waals surface area contributed by atoms with Crippen LogP contribution < -0.4 is 4.72 Å². The van der Waals surface area contributed by atoms with Gasteiger partial charge in [-0.25, -0.2) is 13.2 Å². The minimum Gasteiger partial charge on any atom is -0.480 e. The van der Waals surface area contributed by atoms with Gasteiger partial charge >= 0.3 is 11.9 Å². The van der Waals surface area contributed by atoms with Gasteiger partial charge in [-0.1, -0.05) is 25.4 Å². The second kappa shape index (κ2) is 6.42. The second-order valence-corrected chi connectivity index (χ2v) is 6.72.